The maximum Gasteiger partial charge on any atom is 0.412 e. The van der Waals surface area contributed by atoms with Gasteiger partial charge in [0.1, 0.15) is 5.82 Å². The lowest BCUT2D eigenvalue weighted by atomic mass is 9.91. The predicted octanol–water partition coefficient (Wildman–Crippen LogP) is 2.61. The summed E-state index contributed by atoms with van der Waals surface area (Å²) < 4.78 is 51.5. The highest BCUT2D eigenvalue weighted by atomic mass is 19.4. The minimum Gasteiger partial charge on any atom is -0.302 e. The topological polar surface area (TPSA) is 24.9 Å². The normalized spacial score (nSPS) is 15.9. The minimum absolute atomic E-state index is 0.217. The van der Waals surface area contributed by atoms with Gasteiger partial charge in [0, 0.05) is 0 Å². The lowest BCUT2D eigenvalue weighted by molar-refractivity contribution is -0.201. The molecule has 0 saturated carbocycles. The van der Waals surface area contributed by atoms with Crippen molar-refractivity contribution in [2.24, 2.45) is 0 Å². The van der Waals surface area contributed by atoms with Crippen molar-refractivity contribution in [2.75, 3.05) is 7.05 Å². The molecule has 90 valence electrons. The van der Waals surface area contributed by atoms with E-state index in [0.29, 0.717) is 0 Å². The van der Waals surface area contributed by atoms with Gasteiger partial charge in [0.25, 0.3) is 0 Å². The first-order valence-corrected chi connectivity index (χ1v) is 4.75. The molecule has 0 aliphatic heterocycles. The number of hydrogen-bond donors (Lipinski definition) is 1. The molecule has 0 amide bonds. The Labute approximate surface area is 90.7 Å². The van der Waals surface area contributed by atoms with Gasteiger partial charge in [-0.2, -0.15) is 13.2 Å². The van der Waals surface area contributed by atoms with Crippen molar-refractivity contribution in [3.05, 3.63) is 29.8 Å². The quantitative estimate of drug-likeness (QED) is 0.816. The number of pyridine rings is 1. The van der Waals surface area contributed by atoms with Gasteiger partial charge in [-0.25, -0.2) is 4.39 Å². The number of nitrogens with zero attached hydrogens (tertiary/aromatic N) is 1. The summed E-state index contributed by atoms with van der Waals surface area (Å²) in [7, 11) is 1.21. The fourth-order valence-electron chi connectivity index (χ4n) is 1.60. The third-order valence-electron chi connectivity index (χ3n) is 2.61. The molecular weight excluding hydrogens is 224 g/mol. The molecule has 0 saturated heterocycles. The van der Waals surface area contributed by atoms with Crippen molar-refractivity contribution in [2.45, 2.75) is 25.1 Å². The molecule has 0 radical (unpaired) electrons. The van der Waals surface area contributed by atoms with Gasteiger partial charge in [-0.05, 0) is 25.6 Å². The van der Waals surface area contributed by atoms with Crippen molar-refractivity contribution >= 4 is 0 Å². The molecule has 1 atom stereocenters. The first-order valence-electron chi connectivity index (χ1n) is 4.75. The highest BCUT2D eigenvalue weighted by Crippen LogP contribution is 2.40. The Hall–Kier alpha value is -1.17. The van der Waals surface area contributed by atoms with Crippen molar-refractivity contribution in [1.29, 1.82) is 0 Å². The summed E-state index contributed by atoms with van der Waals surface area (Å²) in [5, 5.41) is 2.23. The zero-order valence-electron chi connectivity index (χ0n) is 8.90. The van der Waals surface area contributed by atoms with Gasteiger partial charge in [0.15, 0.2) is 5.54 Å². The van der Waals surface area contributed by atoms with Gasteiger partial charge in [-0.1, -0.05) is 6.92 Å². The van der Waals surface area contributed by atoms with Crippen LogP contribution in [0, 0.1) is 5.82 Å². The van der Waals surface area contributed by atoms with E-state index in [4.69, 9.17) is 0 Å². The van der Waals surface area contributed by atoms with Crippen LogP contribution >= 0.6 is 0 Å². The fraction of sp³-hybridized carbons (Fsp3) is 0.500. The molecule has 0 aromatic carbocycles. The zero-order chi connectivity index (χ0) is 12.4. The molecule has 0 aliphatic carbocycles. The average molecular weight is 236 g/mol. The van der Waals surface area contributed by atoms with E-state index in [-0.39, 0.29) is 12.1 Å². The predicted molar refractivity (Wildman–Crippen MR) is 51.3 cm³/mol. The second-order valence-electron chi connectivity index (χ2n) is 3.37. The summed E-state index contributed by atoms with van der Waals surface area (Å²) in [5.74, 6) is -0.660. The Kier molecular flexibility index (Phi) is 3.52. The summed E-state index contributed by atoms with van der Waals surface area (Å²) in [4.78, 5) is 3.50. The third-order valence-corrected chi connectivity index (χ3v) is 2.61. The molecule has 0 fully saturated rings. The Morgan fingerprint density at radius 1 is 1.31 bits per heavy atom. The Morgan fingerprint density at radius 3 is 2.25 bits per heavy atom. The molecular formula is C10H12F4N2. The molecule has 1 aromatic rings. The number of aromatic nitrogens is 1. The zero-order valence-corrected chi connectivity index (χ0v) is 8.90. The van der Waals surface area contributed by atoms with Crippen LogP contribution in [0.4, 0.5) is 17.6 Å². The molecule has 0 spiro atoms. The minimum atomic E-state index is -4.48. The van der Waals surface area contributed by atoms with Crippen LogP contribution in [0.25, 0.3) is 0 Å². The number of halogens is 4. The van der Waals surface area contributed by atoms with Crippen LogP contribution in [0.15, 0.2) is 18.3 Å². The van der Waals surface area contributed by atoms with Crippen LogP contribution in [0.5, 0.6) is 0 Å². The van der Waals surface area contributed by atoms with Gasteiger partial charge >= 0.3 is 6.18 Å². The largest absolute Gasteiger partial charge is 0.412 e. The summed E-state index contributed by atoms with van der Waals surface area (Å²) >= 11 is 0. The maximum absolute atomic E-state index is 13.0. The SMILES string of the molecule is CCC(NC)(c1ccc(F)cn1)C(F)(F)F. The van der Waals surface area contributed by atoms with Gasteiger partial charge < -0.3 is 5.32 Å². The van der Waals surface area contributed by atoms with Crippen LogP contribution in [-0.2, 0) is 5.54 Å². The Bertz CT molecular complexity index is 341. The van der Waals surface area contributed by atoms with Gasteiger partial charge in [-0.3, -0.25) is 4.98 Å². The van der Waals surface area contributed by atoms with E-state index in [1.54, 1.807) is 0 Å². The van der Waals surface area contributed by atoms with E-state index < -0.39 is 17.5 Å². The highest BCUT2D eigenvalue weighted by molar-refractivity contribution is 5.19. The molecule has 1 heterocycles. The molecule has 6 heteroatoms. The molecule has 1 rings (SSSR count). The van der Waals surface area contributed by atoms with Crippen molar-refractivity contribution in [3.8, 4) is 0 Å². The lowest BCUT2D eigenvalue weighted by Crippen LogP contribution is -2.52. The Morgan fingerprint density at radius 2 is 1.94 bits per heavy atom. The van der Waals surface area contributed by atoms with Crippen LogP contribution in [0.2, 0.25) is 0 Å². The first-order chi connectivity index (χ1) is 7.37. The molecule has 0 aliphatic rings. The Balaban J connectivity index is 3.26. The van der Waals surface area contributed by atoms with Crippen LogP contribution in [0.3, 0.4) is 0 Å². The maximum atomic E-state index is 13.0. The molecule has 1 N–H and O–H groups in total. The third kappa shape index (κ3) is 2.02. The summed E-state index contributed by atoms with van der Waals surface area (Å²) in [6, 6.07) is 2.01. The summed E-state index contributed by atoms with van der Waals surface area (Å²) in [6.45, 7) is 1.40. The number of hydrogen-bond acceptors (Lipinski definition) is 2. The number of alkyl halides is 3. The molecule has 0 bridgehead atoms. The monoisotopic (exact) mass is 236 g/mol. The van der Waals surface area contributed by atoms with E-state index in [0.717, 1.165) is 18.3 Å². The highest BCUT2D eigenvalue weighted by Gasteiger charge is 2.54. The molecule has 2 nitrogen and oxygen atoms in total. The first kappa shape index (κ1) is 12.9. The van der Waals surface area contributed by atoms with E-state index in [1.165, 1.54) is 14.0 Å². The second-order valence-corrected chi connectivity index (χ2v) is 3.37. The fourth-order valence-corrected chi connectivity index (χ4v) is 1.60. The van der Waals surface area contributed by atoms with Gasteiger partial charge in [0.05, 0.1) is 11.9 Å². The lowest BCUT2D eigenvalue weighted by Gasteiger charge is -2.33. The van der Waals surface area contributed by atoms with E-state index in [1.807, 2.05) is 0 Å². The van der Waals surface area contributed by atoms with E-state index in [9.17, 15) is 17.6 Å². The van der Waals surface area contributed by atoms with Crippen molar-refractivity contribution in [3.63, 3.8) is 0 Å². The number of rotatable bonds is 3. The molecule has 1 unspecified atom stereocenters. The smallest absolute Gasteiger partial charge is 0.302 e. The van der Waals surface area contributed by atoms with Crippen molar-refractivity contribution < 1.29 is 17.6 Å². The standard InChI is InChI=1S/C10H12F4N2/c1-3-9(15-2,10(12,13)14)8-5-4-7(11)6-16-8/h4-6,15H,3H2,1-2H3. The molecule has 16 heavy (non-hydrogen) atoms. The van der Waals surface area contributed by atoms with Crippen LogP contribution in [-0.4, -0.2) is 18.2 Å². The summed E-state index contributed by atoms with van der Waals surface area (Å²) in [5.41, 5.74) is -2.45. The van der Waals surface area contributed by atoms with Gasteiger partial charge in [-0.15, -0.1) is 0 Å². The average Bonchev–Trinajstić information content (AvgIpc) is 2.21. The van der Waals surface area contributed by atoms with Crippen LogP contribution in [0.1, 0.15) is 19.0 Å². The van der Waals surface area contributed by atoms with Gasteiger partial charge in [0.2, 0.25) is 0 Å². The second kappa shape index (κ2) is 4.37. The molecule has 1 aromatic heterocycles. The van der Waals surface area contributed by atoms with E-state index in [2.05, 4.69) is 10.3 Å². The van der Waals surface area contributed by atoms with Crippen molar-refractivity contribution in [1.82, 2.24) is 10.3 Å². The van der Waals surface area contributed by atoms with E-state index >= 15 is 0 Å². The van der Waals surface area contributed by atoms with Crippen LogP contribution < -0.4 is 5.32 Å². The summed E-state index contributed by atoms with van der Waals surface area (Å²) in [6.07, 6.45) is -3.92. The number of nitrogens with one attached hydrogen (secondary N) is 1.